The lowest BCUT2D eigenvalue weighted by Gasteiger charge is -2.29. The Morgan fingerprint density at radius 1 is 1.22 bits per heavy atom. The van der Waals surface area contributed by atoms with Crippen molar-refractivity contribution in [3.63, 3.8) is 0 Å². The molecule has 4 rings (SSSR count). The Kier molecular flexibility index (Phi) is 5.79. The maximum Gasteiger partial charge on any atom is 0.257 e. The molecule has 9 heteroatoms. The van der Waals surface area contributed by atoms with Crippen molar-refractivity contribution in [2.24, 2.45) is 0 Å². The number of carbonyl (C=O) groups is 2. The van der Waals surface area contributed by atoms with Crippen LogP contribution in [0.2, 0.25) is 0 Å². The summed E-state index contributed by atoms with van der Waals surface area (Å²) in [5.41, 5.74) is 2.49. The predicted octanol–water partition coefficient (Wildman–Crippen LogP) is 2.91. The molecule has 0 bridgehead atoms. The van der Waals surface area contributed by atoms with Crippen LogP contribution in [0.3, 0.4) is 0 Å². The number of halogens is 1. The largest absolute Gasteiger partial charge is 0.369 e. The summed E-state index contributed by atoms with van der Waals surface area (Å²) in [6, 6.07) is 7.69. The van der Waals surface area contributed by atoms with Gasteiger partial charge in [-0.15, -0.1) is 23.7 Å². The van der Waals surface area contributed by atoms with Gasteiger partial charge in [0.25, 0.3) is 5.91 Å². The molecule has 0 unspecified atom stereocenters. The zero-order chi connectivity index (χ0) is 18.1. The SMILES string of the molecule is CC(=O)c1cc(C(=O)Nc2n[nH]c3cc(N4CCNCC4)ccc23)cs1.Cl. The lowest BCUT2D eigenvalue weighted by atomic mass is 10.2. The number of anilines is 2. The van der Waals surface area contributed by atoms with Gasteiger partial charge >= 0.3 is 0 Å². The zero-order valence-corrected chi connectivity index (χ0v) is 16.4. The molecule has 1 saturated heterocycles. The van der Waals surface area contributed by atoms with E-state index in [0.717, 1.165) is 42.8 Å². The van der Waals surface area contributed by atoms with Crippen LogP contribution in [0.15, 0.2) is 29.6 Å². The summed E-state index contributed by atoms with van der Waals surface area (Å²) in [4.78, 5) is 26.7. The summed E-state index contributed by atoms with van der Waals surface area (Å²) in [7, 11) is 0. The lowest BCUT2D eigenvalue weighted by molar-refractivity contribution is 0.102. The molecule has 1 amide bonds. The summed E-state index contributed by atoms with van der Waals surface area (Å²) >= 11 is 1.27. The third-order valence-corrected chi connectivity index (χ3v) is 5.50. The van der Waals surface area contributed by atoms with E-state index < -0.39 is 0 Å². The number of nitrogens with zero attached hydrogens (tertiary/aromatic N) is 2. The van der Waals surface area contributed by atoms with Crippen molar-refractivity contribution in [2.45, 2.75) is 6.92 Å². The van der Waals surface area contributed by atoms with Gasteiger partial charge in [-0.1, -0.05) is 0 Å². The number of ketones is 1. The summed E-state index contributed by atoms with van der Waals surface area (Å²) < 4.78 is 0. The summed E-state index contributed by atoms with van der Waals surface area (Å²) in [6.07, 6.45) is 0. The smallest absolute Gasteiger partial charge is 0.257 e. The first kappa shape index (κ1) is 19.3. The molecule has 2 aromatic heterocycles. The van der Waals surface area contributed by atoms with E-state index in [9.17, 15) is 9.59 Å². The molecule has 0 spiro atoms. The Bertz CT molecular complexity index is 977. The number of aromatic nitrogens is 2. The van der Waals surface area contributed by atoms with Crippen molar-refractivity contribution in [3.8, 4) is 0 Å². The predicted molar refractivity (Wildman–Crippen MR) is 111 cm³/mol. The van der Waals surface area contributed by atoms with Crippen LogP contribution >= 0.6 is 23.7 Å². The Balaban J connectivity index is 0.00000210. The Morgan fingerprint density at radius 3 is 2.70 bits per heavy atom. The number of hydrogen-bond acceptors (Lipinski definition) is 6. The second kappa shape index (κ2) is 8.08. The number of amides is 1. The van der Waals surface area contributed by atoms with E-state index in [4.69, 9.17) is 0 Å². The number of H-pyrrole nitrogens is 1. The average Bonchev–Trinajstić information content (AvgIpc) is 3.30. The van der Waals surface area contributed by atoms with Crippen LogP contribution in [-0.4, -0.2) is 48.1 Å². The van der Waals surface area contributed by atoms with Crippen LogP contribution in [0.5, 0.6) is 0 Å². The van der Waals surface area contributed by atoms with Crippen molar-refractivity contribution in [2.75, 3.05) is 36.4 Å². The van der Waals surface area contributed by atoms with E-state index in [-0.39, 0.29) is 24.1 Å². The van der Waals surface area contributed by atoms with Gasteiger partial charge in [0.1, 0.15) is 0 Å². The van der Waals surface area contributed by atoms with E-state index in [1.165, 1.54) is 18.3 Å². The number of thiophene rings is 1. The molecule has 1 aliphatic heterocycles. The van der Waals surface area contributed by atoms with E-state index in [0.29, 0.717) is 16.3 Å². The molecule has 0 atom stereocenters. The molecule has 1 aliphatic rings. The second-order valence-electron chi connectivity index (χ2n) is 6.25. The summed E-state index contributed by atoms with van der Waals surface area (Å²) in [5.74, 6) is 0.181. The number of aromatic amines is 1. The average molecular weight is 406 g/mol. The van der Waals surface area contributed by atoms with E-state index in [1.54, 1.807) is 11.4 Å². The maximum atomic E-state index is 12.4. The number of Topliss-reactive ketones (excluding diaryl/α,β-unsaturated/α-hetero) is 1. The highest BCUT2D eigenvalue weighted by atomic mass is 35.5. The molecular formula is C18H20ClN5O2S. The number of fused-ring (bicyclic) bond motifs is 1. The van der Waals surface area contributed by atoms with Crippen LogP contribution in [0.25, 0.3) is 10.9 Å². The third kappa shape index (κ3) is 3.97. The maximum absolute atomic E-state index is 12.4. The van der Waals surface area contributed by atoms with E-state index in [2.05, 4.69) is 37.9 Å². The van der Waals surface area contributed by atoms with Gasteiger partial charge in [-0.25, -0.2) is 0 Å². The van der Waals surface area contributed by atoms with E-state index in [1.807, 2.05) is 6.07 Å². The summed E-state index contributed by atoms with van der Waals surface area (Å²) in [6.45, 7) is 5.39. The minimum Gasteiger partial charge on any atom is -0.369 e. The van der Waals surface area contributed by atoms with Gasteiger partial charge in [0.2, 0.25) is 0 Å². The van der Waals surface area contributed by atoms with Crippen molar-refractivity contribution in [1.29, 1.82) is 0 Å². The minimum atomic E-state index is -0.270. The standard InChI is InChI=1S/C18H19N5O2S.ClH/c1-11(24)16-8-12(10-26-16)18(25)20-17-14-3-2-13(9-15(14)21-22-17)23-6-4-19-5-7-23;/h2-3,8-10,19H,4-7H2,1H3,(H2,20,21,22,25);1H. The monoisotopic (exact) mass is 405 g/mol. The van der Waals surface area contributed by atoms with Crippen molar-refractivity contribution in [1.82, 2.24) is 15.5 Å². The van der Waals surface area contributed by atoms with Gasteiger partial charge in [-0.2, -0.15) is 5.10 Å². The van der Waals surface area contributed by atoms with E-state index >= 15 is 0 Å². The number of piperazine rings is 1. The highest BCUT2D eigenvalue weighted by Gasteiger charge is 2.16. The number of carbonyl (C=O) groups excluding carboxylic acids is 2. The molecule has 142 valence electrons. The highest BCUT2D eigenvalue weighted by molar-refractivity contribution is 7.12. The molecule has 3 heterocycles. The van der Waals surface area contributed by atoms with Crippen LogP contribution < -0.4 is 15.5 Å². The fourth-order valence-electron chi connectivity index (χ4n) is 3.04. The molecule has 1 aromatic carbocycles. The number of nitrogens with one attached hydrogen (secondary N) is 3. The number of rotatable bonds is 4. The van der Waals surface area contributed by atoms with Crippen molar-refractivity contribution < 1.29 is 9.59 Å². The van der Waals surface area contributed by atoms with Crippen LogP contribution in [0.4, 0.5) is 11.5 Å². The van der Waals surface area contributed by atoms with Crippen molar-refractivity contribution >= 4 is 57.8 Å². The first-order valence-corrected chi connectivity index (χ1v) is 9.34. The Morgan fingerprint density at radius 2 is 2.00 bits per heavy atom. The fraction of sp³-hybridized carbons (Fsp3) is 0.278. The molecule has 1 fully saturated rings. The minimum absolute atomic E-state index is 0. The molecule has 27 heavy (non-hydrogen) atoms. The van der Waals surface area contributed by atoms with Gasteiger partial charge in [0.15, 0.2) is 11.6 Å². The van der Waals surface area contributed by atoms with Crippen LogP contribution in [-0.2, 0) is 0 Å². The molecule has 3 N–H and O–H groups in total. The number of hydrogen-bond donors (Lipinski definition) is 3. The molecule has 0 radical (unpaired) electrons. The topological polar surface area (TPSA) is 90.1 Å². The Hall–Kier alpha value is -2.42. The van der Waals surface area contributed by atoms with Crippen LogP contribution in [0.1, 0.15) is 27.0 Å². The van der Waals surface area contributed by atoms with Gasteiger partial charge in [-0.05, 0) is 31.2 Å². The molecular weight excluding hydrogens is 386 g/mol. The normalized spacial score (nSPS) is 14.0. The third-order valence-electron chi connectivity index (χ3n) is 4.47. The second-order valence-corrected chi connectivity index (χ2v) is 7.16. The fourth-order valence-corrected chi connectivity index (χ4v) is 3.83. The van der Waals surface area contributed by atoms with Gasteiger partial charge in [0, 0.05) is 42.6 Å². The zero-order valence-electron chi connectivity index (χ0n) is 14.7. The van der Waals surface area contributed by atoms with Gasteiger partial charge in [0.05, 0.1) is 16.0 Å². The molecule has 0 saturated carbocycles. The summed E-state index contributed by atoms with van der Waals surface area (Å²) in [5, 5.41) is 15.9. The quantitative estimate of drug-likeness (QED) is 0.580. The Labute approximate surface area is 166 Å². The van der Waals surface area contributed by atoms with Crippen LogP contribution in [0, 0.1) is 0 Å². The first-order chi connectivity index (χ1) is 12.6. The molecule has 0 aliphatic carbocycles. The highest BCUT2D eigenvalue weighted by Crippen LogP contribution is 2.26. The molecule has 3 aromatic rings. The van der Waals surface area contributed by atoms with Gasteiger partial charge in [-0.3, -0.25) is 14.7 Å². The number of benzene rings is 1. The van der Waals surface area contributed by atoms with Gasteiger partial charge < -0.3 is 15.5 Å². The first-order valence-electron chi connectivity index (χ1n) is 8.46. The van der Waals surface area contributed by atoms with Crippen molar-refractivity contribution in [3.05, 3.63) is 40.1 Å². The molecule has 7 nitrogen and oxygen atoms in total. The lowest BCUT2D eigenvalue weighted by Crippen LogP contribution is -2.43.